The van der Waals surface area contributed by atoms with Crippen LogP contribution in [-0.2, 0) is 4.74 Å². The SMILES string of the molecule is COC(C)CN1CCCC(CCBr)C1. The monoisotopic (exact) mass is 263 g/mol. The first-order valence-electron chi connectivity index (χ1n) is 5.57. The Kier molecular flexibility index (Phi) is 6.06. The van der Waals surface area contributed by atoms with Gasteiger partial charge in [-0.2, -0.15) is 0 Å². The number of rotatable bonds is 5. The number of nitrogens with zero attached hydrogens (tertiary/aromatic N) is 1. The molecule has 2 nitrogen and oxygen atoms in total. The molecule has 1 saturated heterocycles. The number of ether oxygens (including phenoxy) is 1. The van der Waals surface area contributed by atoms with Crippen LogP contribution >= 0.6 is 15.9 Å². The highest BCUT2D eigenvalue weighted by molar-refractivity contribution is 9.09. The van der Waals surface area contributed by atoms with Crippen molar-refractivity contribution in [2.24, 2.45) is 5.92 Å². The summed E-state index contributed by atoms with van der Waals surface area (Å²) in [6.07, 6.45) is 4.45. The fourth-order valence-electron chi connectivity index (χ4n) is 2.15. The fourth-order valence-corrected chi connectivity index (χ4v) is 2.79. The first kappa shape index (κ1) is 12.5. The molecule has 1 aliphatic heterocycles. The average Bonchev–Trinajstić information content (AvgIpc) is 2.19. The van der Waals surface area contributed by atoms with E-state index in [-0.39, 0.29) is 0 Å². The fraction of sp³-hybridized carbons (Fsp3) is 1.00. The molecular formula is C11H22BrNO. The van der Waals surface area contributed by atoms with Crippen LogP contribution in [0.2, 0.25) is 0 Å². The van der Waals surface area contributed by atoms with Gasteiger partial charge in [0, 0.05) is 25.5 Å². The molecule has 3 heteroatoms. The predicted molar refractivity (Wildman–Crippen MR) is 64.0 cm³/mol. The summed E-state index contributed by atoms with van der Waals surface area (Å²) in [4.78, 5) is 2.55. The summed E-state index contributed by atoms with van der Waals surface area (Å²) in [5, 5.41) is 1.14. The van der Waals surface area contributed by atoms with Gasteiger partial charge < -0.3 is 9.64 Å². The Labute approximate surface area is 96.1 Å². The lowest BCUT2D eigenvalue weighted by Gasteiger charge is -2.33. The van der Waals surface area contributed by atoms with Gasteiger partial charge >= 0.3 is 0 Å². The zero-order valence-electron chi connectivity index (χ0n) is 9.34. The Hall–Kier alpha value is 0.400. The largest absolute Gasteiger partial charge is 0.380 e. The van der Waals surface area contributed by atoms with E-state index in [0.717, 1.165) is 17.8 Å². The third kappa shape index (κ3) is 4.28. The standard InChI is InChI=1S/C11H22BrNO/c1-10(14-2)8-13-7-3-4-11(9-13)5-6-12/h10-11H,3-9H2,1-2H3. The minimum atomic E-state index is 0.373. The van der Waals surface area contributed by atoms with E-state index in [4.69, 9.17) is 4.74 Å². The summed E-state index contributed by atoms with van der Waals surface area (Å²) in [5.41, 5.74) is 0. The normalized spacial score (nSPS) is 26.4. The lowest BCUT2D eigenvalue weighted by molar-refractivity contribution is 0.0590. The second-order valence-corrected chi connectivity index (χ2v) is 5.08. The number of hydrogen-bond donors (Lipinski definition) is 0. The molecule has 84 valence electrons. The Bertz CT molecular complexity index is 152. The molecule has 0 radical (unpaired) electrons. The van der Waals surface area contributed by atoms with Crippen LogP contribution in [-0.4, -0.2) is 43.1 Å². The van der Waals surface area contributed by atoms with Gasteiger partial charge in [-0.3, -0.25) is 0 Å². The van der Waals surface area contributed by atoms with Gasteiger partial charge in [0.15, 0.2) is 0 Å². The number of piperidine rings is 1. The highest BCUT2D eigenvalue weighted by Gasteiger charge is 2.20. The van der Waals surface area contributed by atoms with Crippen molar-refractivity contribution in [1.82, 2.24) is 4.90 Å². The molecule has 0 N–H and O–H groups in total. The summed E-state index contributed by atoms with van der Waals surface area (Å²) >= 11 is 3.53. The third-order valence-corrected chi connectivity index (χ3v) is 3.50. The van der Waals surface area contributed by atoms with Gasteiger partial charge in [-0.25, -0.2) is 0 Å². The summed E-state index contributed by atoms with van der Waals surface area (Å²) in [6, 6.07) is 0. The summed E-state index contributed by atoms with van der Waals surface area (Å²) in [5.74, 6) is 0.896. The van der Waals surface area contributed by atoms with Crippen LogP contribution in [0, 0.1) is 5.92 Å². The molecule has 0 bridgehead atoms. The highest BCUT2D eigenvalue weighted by atomic mass is 79.9. The number of halogens is 1. The highest BCUT2D eigenvalue weighted by Crippen LogP contribution is 2.20. The van der Waals surface area contributed by atoms with Crippen molar-refractivity contribution in [2.45, 2.75) is 32.3 Å². The van der Waals surface area contributed by atoms with Crippen molar-refractivity contribution < 1.29 is 4.74 Å². The maximum absolute atomic E-state index is 5.30. The van der Waals surface area contributed by atoms with E-state index in [1.165, 1.54) is 32.4 Å². The van der Waals surface area contributed by atoms with Gasteiger partial charge in [-0.05, 0) is 38.6 Å². The average molecular weight is 264 g/mol. The molecule has 0 aliphatic carbocycles. The molecule has 0 aromatic carbocycles. The molecule has 2 atom stereocenters. The molecule has 1 heterocycles. The Morgan fingerprint density at radius 1 is 1.57 bits per heavy atom. The van der Waals surface area contributed by atoms with E-state index in [0.29, 0.717) is 6.10 Å². The molecule has 0 aromatic heterocycles. The molecule has 0 spiro atoms. The number of alkyl halides is 1. The second-order valence-electron chi connectivity index (χ2n) is 4.29. The maximum Gasteiger partial charge on any atom is 0.0670 e. The van der Waals surface area contributed by atoms with E-state index in [9.17, 15) is 0 Å². The van der Waals surface area contributed by atoms with Crippen LogP contribution < -0.4 is 0 Å². The first-order chi connectivity index (χ1) is 6.76. The molecule has 1 fully saturated rings. The van der Waals surface area contributed by atoms with Crippen molar-refractivity contribution in [3.8, 4) is 0 Å². The third-order valence-electron chi connectivity index (χ3n) is 3.04. The quantitative estimate of drug-likeness (QED) is 0.707. The molecule has 1 rings (SSSR count). The molecule has 2 unspecified atom stereocenters. The molecule has 1 aliphatic rings. The predicted octanol–water partition coefficient (Wildman–Crippen LogP) is 2.52. The second kappa shape index (κ2) is 6.81. The summed E-state index contributed by atoms with van der Waals surface area (Å²) in [6.45, 7) is 5.76. The van der Waals surface area contributed by atoms with Gasteiger partial charge in [0.2, 0.25) is 0 Å². The summed E-state index contributed by atoms with van der Waals surface area (Å²) in [7, 11) is 1.80. The van der Waals surface area contributed by atoms with Crippen LogP contribution in [0.3, 0.4) is 0 Å². The first-order valence-corrected chi connectivity index (χ1v) is 6.69. The molecule has 0 amide bonds. The minimum absolute atomic E-state index is 0.373. The van der Waals surface area contributed by atoms with E-state index in [1.807, 2.05) is 0 Å². The molecular weight excluding hydrogens is 242 g/mol. The Morgan fingerprint density at radius 2 is 2.36 bits per heavy atom. The Morgan fingerprint density at radius 3 is 3.00 bits per heavy atom. The summed E-state index contributed by atoms with van der Waals surface area (Å²) < 4.78 is 5.30. The van der Waals surface area contributed by atoms with Crippen LogP contribution in [0.5, 0.6) is 0 Å². The van der Waals surface area contributed by atoms with E-state index >= 15 is 0 Å². The number of methoxy groups -OCH3 is 1. The smallest absolute Gasteiger partial charge is 0.0670 e. The van der Waals surface area contributed by atoms with Crippen molar-refractivity contribution in [2.75, 3.05) is 32.1 Å². The number of hydrogen-bond acceptors (Lipinski definition) is 2. The van der Waals surface area contributed by atoms with Crippen LogP contribution in [0.4, 0.5) is 0 Å². The van der Waals surface area contributed by atoms with Gasteiger partial charge in [-0.1, -0.05) is 15.9 Å². The minimum Gasteiger partial charge on any atom is -0.380 e. The van der Waals surface area contributed by atoms with Crippen LogP contribution in [0.25, 0.3) is 0 Å². The Balaban J connectivity index is 2.25. The zero-order chi connectivity index (χ0) is 10.4. The van der Waals surface area contributed by atoms with E-state index < -0.39 is 0 Å². The lowest BCUT2D eigenvalue weighted by atomic mass is 9.95. The van der Waals surface area contributed by atoms with Gasteiger partial charge in [0.05, 0.1) is 6.10 Å². The van der Waals surface area contributed by atoms with Crippen molar-refractivity contribution in [1.29, 1.82) is 0 Å². The molecule has 0 saturated carbocycles. The maximum atomic E-state index is 5.30. The molecule has 14 heavy (non-hydrogen) atoms. The van der Waals surface area contributed by atoms with Crippen molar-refractivity contribution in [3.05, 3.63) is 0 Å². The van der Waals surface area contributed by atoms with Gasteiger partial charge in [0.25, 0.3) is 0 Å². The zero-order valence-corrected chi connectivity index (χ0v) is 10.9. The van der Waals surface area contributed by atoms with Crippen LogP contribution in [0.15, 0.2) is 0 Å². The van der Waals surface area contributed by atoms with Gasteiger partial charge in [0.1, 0.15) is 0 Å². The van der Waals surface area contributed by atoms with E-state index in [2.05, 4.69) is 27.8 Å². The molecule has 0 aromatic rings. The van der Waals surface area contributed by atoms with Crippen LogP contribution in [0.1, 0.15) is 26.2 Å². The van der Waals surface area contributed by atoms with Crippen molar-refractivity contribution >= 4 is 15.9 Å². The topological polar surface area (TPSA) is 12.5 Å². The van der Waals surface area contributed by atoms with Gasteiger partial charge in [-0.15, -0.1) is 0 Å². The van der Waals surface area contributed by atoms with E-state index in [1.54, 1.807) is 7.11 Å². The lowest BCUT2D eigenvalue weighted by Crippen LogP contribution is -2.40. The van der Waals surface area contributed by atoms with Crippen molar-refractivity contribution in [3.63, 3.8) is 0 Å². The number of likely N-dealkylation sites (tertiary alicyclic amines) is 1.